The van der Waals surface area contributed by atoms with Gasteiger partial charge in [-0.05, 0) is 73.5 Å². The Morgan fingerprint density at radius 2 is 1.65 bits per heavy atom. The number of hydrogen-bond acceptors (Lipinski definition) is 4. The summed E-state index contributed by atoms with van der Waals surface area (Å²) in [6.07, 6.45) is 3.65. The van der Waals surface area contributed by atoms with Crippen LogP contribution >= 0.6 is 0 Å². The van der Waals surface area contributed by atoms with Crippen molar-refractivity contribution in [3.05, 3.63) is 107 Å². The molecule has 0 aliphatic rings. The highest BCUT2D eigenvalue weighted by molar-refractivity contribution is 7.92. The van der Waals surface area contributed by atoms with Gasteiger partial charge >= 0.3 is 0 Å². The second-order valence-corrected chi connectivity index (χ2v) is 9.52. The zero-order chi connectivity index (χ0) is 24.3. The number of aromatic nitrogens is 2. The second kappa shape index (κ2) is 9.48. The number of imidazole rings is 1. The molecule has 0 aliphatic heterocycles. The number of benzene rings is 3. The molecular formula is C25H23FN4O3S. The standard InChI is InChI=1S/C25H23FN4O3S/c1-17-3-12-23(34(32,33)29-22-10-6-20(26)7-11-22)15-24(17)25(31)28-21-8-4-19(5-9-21)16-30-14-13-27-18(30)2/h3-15,29H,16H2,1-2H3,(H,28,31). The lowest BCUT2D eigenvalue weighted by atomic mass is 10.1. The van der Waals surface area contributed by atoms with Gasteiger partial charge in [-0.2, -0.15) is 0 Å². The van der Waals surface area contributed by atoms with E-state index in [1.807, 2.05) is 29.8 Å². The van der Waals surface area contributed by atoms with Crippen LogP contribution in [0.2, 0.25) is 0 Å². The van der Waals surface area contributed by atoms with Gasteiger partial charge in [-0.15, -0.1) is 0 Å². The number of halogens is 1. The molecule has 1 amide bonds. The molecule has 0 spiro atoms. The van der Waals surface area contributed by atoms with E-state index in [9.17, 15) is 17.6 Å². The van der Waals surface area contributed by atoms with E-state index < -0.39 is 21.7 Å². The van der Waals surface area contributed by atoms with Crippen LogP contribution in [0.5, 0.6) is 0 Å². The van der Waals surface area contributed by atoms with Crippen LogP contribution < -0.4 is 10.0 Å². The molecule has 2 N–H and O–H groups in total. The number of sulfonamides is 1. The number of amides is 1. The highest BCUT2D eigenvalue weighted by Crippen LogP contribution is 2.21. The molecule has 0 bridgehead atoms. The third kappa shape index (κ3) is 5.32. The molecule has 4 aromatic rings. The molecule has 9 heteroatoms. The van der Waals surface area contributed by atoms with Crippen molar-refractivity contribution in [2.24, 2.45) is 0 Å². The molecule has 0 radical (unpaired) electrons. The Morgan fingerprint density at radius 3 is 2.29 bits per heavy atom. The predicted octanol–water partition coefficient (Wildman–Crippen LogP) is 4.74. The number of carbonyl (C=O) groups is 1. The van der Waals surface area contributed by atoms with Gasteiger partial charge in [-0.3, -0.25) is 9.52 Å². The number of nitrogens with one attached hydrogen (secondary N) is 2. The third-order valence-corrected chi connectivity index (χ3v) is 6.73. The van der Waals surface area contributed by atoms with Crippen molar-refractivity contribution in [1.82, 2.24) is 9.55 Å². The van der Waals surface area contributed by atoms with Gasteiger partial charge in [-0.25, -0.2) is 17.8 Å². The van der Waals surface area contributed by atoms with E-state index in [4.69, 9.17) is 0 Å². The summed E-state index contributed by atoms with van der Waals surface area (Å²) in [5.41, 5.74) is 2.73. The highest BCUT2D eigenvalue weighted by atomic mass is 32.2. The third-order valence-electron chi connectivity index (χ3n) is 5.35. The molecule has 174 valence electrons. The summed E-state index contributed by atoms with van der Waals surface area (Å²) in [5.74, 6) is 0.0215. The monoisotopic (exact) mass is 478 g/mol. The molecule has 4 rings (SSSR count). The number of hydrogen-bond donors (Lipinski definition) is 2. The number of anilines is 2. The van der Waals surface area contributed by atoms with Crippen molar-refractivity contribution >= 4 is 27.3 Å². The first-order valence-electron chi connectivity index (χ1n) is 10.5. The van der Waals surface area contributed by atoms with Crippen LogP contribution in [0, 0.1) is 19.7 Å². The maximum absolute atomic E-state index is 13.1. The minimum absolute atomic E-state index is 0.0707. The maximum atomic E-state index is 13.1. The van der Waals surface area contributed by atoms with E-state index in [1.54, 1.807) is 31.3 Å². The lowest BCUT2D eigenvalue weighted by molar-refractivity contribution is 0.102. The Kier molecular flexibility index (Phi) is 6.47. The summed E-state index contributed by atoms with van der Waals surface area (Å²) in [7, 11) is -3.97. The zero-order valence-corrected chi connectivity index (χ0v) is 19.4. The summed E-state index contributed by atoms with van der Waals surface area (Å²) in [6, 6.07) is 16.7. The van der Waals surface area contributed by atoms with Crippen molar-refractivity contribution < 1.29 is 17.6 Å². The number of rotatable bonds is 7. The van der Waals surface area contributed by atoms with E-state index in [0.29, 0.717) is 17.8 Å². The van der Waals surface area contributed by atoms with Crippen molar-refractivity contribution in [1.29, 1.82) is 0 Å². The van der Waals surface area contributed by atoms with Gasteiger partial charge in [0.2, 0.25) is 0 Å². The molecule has 3 aromatic carbocycles. The molecule has 0 aliphatic carbocycles. The average molecular weight is 479 g/mol. The molecule has 7 nitrogen and oxygen atoms in total. The van der Waals surface area contributed by atoms with Gasteiger partial charge in [0.05, 0.1) is 4.90 Å². The zero-order valence-electron chi connectivity index (χ0n) is 18.6. The Bertz CT molecular complexity index is 1430. The molecule has 0 fully saturated rings. The fraction of sp³-hybridized carbons (Fsp3) is 0.120. The smallest absolute Gasteiger partial charge is 0.261 e. The van der Waals surface area contributed by atoms with Crippen LogP contribution in [0.1, 0.15) is 27.3 Å². The highest BCUT2D eigenvalue weighted by Gasteiger charge is 2.18. The quantitative estimate of drug-likeness (QED) is 0.401. The molecule has 0 saturated carbocycles. The first-order chi connectivity index (χ1) is 16.2. The number of nitrogens with zero attached hydrogens (tertiary/aromatic N) is 2. The van der Waals surface area contributed by atoms with Gasteiger partial charge in [0.25, 0.3) is 15.9 Å². The normalized spacial score (nSPS) is 11.3. The average Bonchev–Trinajstić information content (AvgIpc) is 3.21. The van der Waals surface area contributed by atoms with Gasteiger partial charge < -0.3 is 9.88 Å². The first-order valence-corrected chi connectivity index (χ1v) is 12.0. The minimum Gasteiger partial charge on any atom is -0.331 e. The fourth-order valence-corrected chi connectivity index (χ4v) is 4.49. The largest absolute Gasteiger partial charge is 0.331 e. The van der Waals surface area contributed by atoms with Crippen LogP contribution in [0.25, 0.3) is 0 Å². The Balaban J connectivity index is 1.49. The van der Waals surface area contributed by atoms with E-state index in [2.05, 4.69) is 15.0 Å². The molecule has 0 unspecified atom stereocenters. The van der Waals surface area contributed by atoms with E-state index in [0.717, 1.165) is 23.5 Å². The van der Waals surface area contributed by atoms with E-state index >= 15 is 0 Å². The summed E-state index contributed by atoms with van der Waals surface area (Å²) >= 11 is 0. The van der Waals surface area contributed by atoms with Crippen LogP contribution in [-0.2, 0) is 16.6 Å². The second-order valence-electron chi connectivity index (χ2n) is 7.84. The van der Waals surface area contributed by atoms with Crippen LogP contribution in [-0.4, -0.2) is 23.9 Å². The van der Waals surface area contributed by atoms with Gasteiger partial charge in [0, 0.05) is 35.9 Å². The van der Waals surface area contributed by atoms with E-state index in [1.165, 1.54) is 24.3 Å². The van der Waals surface area contributed by atoms with E-state index in [-0.39, 0.29) is 16.1 Å². The summed E-state index contributed by atoms with van der Waals surface area (Å²) in [6.45, 7) is 4.33. The van der Waals surface area contributed by atoms with Crippen LogP contribution in [0.4, 0.5) is 15.8 Å². The van der Waals surface area contributed by atoms with Crippen LogP contribution in [0.3, 0.4) is 0 Å². The van der Waals surface area contributed by atoms with Crippen LogP contribution in [0.15, 0.2) is 84.0 Å². The molecule has 0 atom stereocenters. The van der Waals surface area contributed by atoms with Gasteiger partial charge in [-0.1, -0.05) is 18.2 Å². The van der Waals surface area contributed by atoms with Gasteiger partial charge in [0.1, 0.15) is 11.6 Å². The molecule has 1 aromatic heterocycles. The van der Waals surface area contributed by atoms with Crippen molar-refractivity contribution in [3.8, 4) is 0 Å². The summed E-state index contributed by atoms with van der Waals surface area (Å²) in [4.78, 5) is 17.1. The number of carbonyl (C=O) groups excluding carboxylic acids is 1. The molecule has 0 saturated heterocycles. The lowest BCUT2D eigenvalue weighted by Gasteiger charge is -2.12. The topological polar surface area (TPSA) is 93.1 Å². The fourth-order valence-electron chi connectivity index (χ4n) is 3.40. The Labute approximate surface area is 197 Å². The molecule has 34 heavy (non-hydrogen) atoms. The van der Waals surface area contributed by atoms with Gasteiger partial charge in [0.15, 0.2) is 0 Å². The van der Waals surface area contributed by atoms with Crippen molar-refractivity contribution in [2.45, 2.75) is 25.3 Å². The summed E-state index contributed by atoms with van der Waals surface area (Å²) < 4.78 is 43.1. The Hall–Kier alpha value is -3.98. The van der Waals surface area contributed by atoms with Crippen molar-refractivity contribution in [3.63, 3.8) is 0 Å². The first kappa shape index (κ1) is 23.2. The maximum Gasteiger partial charge on any atom is 0.261 e. The Morgan fingerprint density at radius 1 is 0.971 bits per heavy atom. The molecular weight excluding hydrogens is 455 g/mol. The minimum atomic E-state index is -3.97. The van der Waals surface area contributed by atoms with Crippen molar-refractivity contribution in [2.75, 3.05) is 10.0 Å². The molecule has 1 heterocycles. The summed E-state index contributed by atoms with van der Waals surface area (Å²) in [5, 5.41) is 2.82. The SMILES string of the molecule is Cc1ccc(S(=O)(=O)Nc2ccc(F)cc2)cc1C(=O)Nc1ccc(Cn2ccnc2C)cc1. The number of aryl methyl sites for hydroxylation is 2. The predicted molar refractivity (Wildman–Crippen MR) is 129 cm³/mol. The lowest BCUT2D eigenvalue weighted by Crippen LogP contribution is -2.17.